The van der Waals surface area contributed by atoms with Crippen molar-refractivity contribution < 1.29 is 28.6 Å². The third-order valence-electron chi connectivity index (χ3n) is 7.69. The molecule has 0 aliphatic heterocycles. The van der Waals surface area contributed by atoms with Gasteiger partial charge in [-0.05, 0) is 68.1 Å². The normalized spacial score (nSPS) is 24.8. The van der Waals surface area contributed by atoms with Crippen LogP contribution in [0.4, 0.5) is 0 Å². The zero-order valence-electron chi connectivity index (χ0n) is 20.3. The van der Waals surface area contributed by atoms with Gasteiger partial charge >= 0.3 is 5.97 Å². The Bertz CT molecular complexity index is 899. The van der Waals surface area contributed by atoms with Gasteiger partial charge in [0.15, 0.2) is 18.1 Å². The molecule has 1 aromatic carbocycles. The second-order valence-corrected chi connectivity index (χ2v) is 9.60. The van der Waals surface area contributed by atoms with Crippen molar-refractivity contribution >= 4 is 17.8 Å². The van der Waals surface area contributed by atoms with Gasteiger partial charge in [-0.2, -0.15) is 0 Å². The summed E-state index contributed by atoms with van der Waals surface area (Å²) in [6.45, 7) is 10.7. The Kier molecular flexibility index (Phi) is 7.55. The van der Waals surface area contributed by atoms with Crippen LogP contribution in [0.25, 0.3) is 0 Å². The fourth-order valence-electron chi connectivity index (χ4n) is 5.30. The number of rotatable bonds is 10. The third-order valence-corrected chi connectivity index (χ3v) is 7.69. The van der Waals surface area contributed by atoms with Gasteiger partial charge in [-0.25, -0.2) is 0 Å². The summed E-state index contributed by atoms with van der Waals surface area (Å²) in [5.74, 6) is 0.192. The molecule has 3 rings (SSSR count). The number of amides is 2. The van der Waals surface area contributed by atoms with Crippen molar-refractivity contribution in [3.8, 4) is 11.5 Å². The molecule has 2 N–H and O–H groups in total. The van der Waals surface area contributed by atoms with E-state index in [-0.39, 0.29) is 35.9 Å². The van der Waals surface area contributed by atoms with Crippen molar-refractivity contribution in [3.63, 3.8) is 0 Å². The molecule has 182 valence electrons. The van der Waals surface area contributed by atoms with Gasteiger partial charge in [0.05, 0.1) is 13.2 Å². The highest BCUT2D eigenvalue weighted by atomic mass is 16.5. The average molecular weight is 461 g/mol. The van der Waals surface area contributed by atoms with Crippen molar-refractivity contribution in [2.75, 3.05) is 26.4 Å². The maximum atomic E-state index is 12.4. The number of ether oxygens (including phenoxy) is 3. The zero-order chi connectivity index (χ0) is 24.2. The molecular formula is C25H36N2O6. The maximum absolute atomic E-state index is 12.4. The molecule has 0 radical (unpaired) electrons. The lowest BCUT2D eigenvalue weighted by molar-refractivity contribution is -0.148. The van der Waals surface area contributed by atoms with Crippen LogP contribution < -0.4 is 20.1 Å². The standard InChI is InChI=1S/C25H36N2O6/c1-6-31-18-9-8-16(12-19(18)32-7-2)23(30)26-14-22(29)33-15-21(28)27-20-13-17-10-11-25(20,5)24(17,3)4/h8-9,12,17,20H,6-7,10-11,13-15H2,1-5H3,(H,26,30)(H,27,28). The number of nitrogens with one attached hydrogen (secondary N) is 2. The van der Waals surface area contributed by atoms with Crippen molar-refractivity contribution in [1.82, 2.24) is 10.6 Å². The minimum absolute atomic E-state index is 0.0589. The quantitative estimate of drug-likeness (QED) is 0.520. The van der Waals surface area contributed by atoms with Crippen LogP contribution >= 0.6 is 0 Å². The topological polar surface area (TPSA) is 103 Å². The highest BCUT2D eigenvalue weighted by Crippen LogP contribution is 2.65. The first-order valence-electron chi connectivity index (χ1n) is 11.7. The smallest absolute Gasteiger partial charge is 0.325 e. The first-order valence-corrected chi connectivity index (χ1v) is 11.7. The summed E-state index contributed by atoms with van der Waals surface area (Å²) >= 11 is 0. The molecule has 3 atom stereocenters. The van der Waals surface area contributed by atoms with E-state index in [4.69, 9.17) is 14.2 Å². The Balaban J connectivity index is 1.44. The summed E-state index contributed by atoms with van der Waals surface area (Å²) in [7, 11) is 0. The number of hydrogen-bond donors (Lipinski definition) is 2. The van der Waals surface area contributed by atoms with E-state index in [1.54, 1.807) is 18.2 Å². The van der Waals surface area contributed by atoms with Gasteiger partial charge in [0, 0.05) is 11.6 Å². The monoisotopic (exact) mass is 460 g/mol. The van der Waals surface area contributed by atoms with E-state index in [0.29, 0.717) is 36.2 Å². The second-order valence-electron chi connectivity index (χ2n) is 9.60. The lowest BCUT2D eigenvalue weighted by Gasteiger charge is -2.39. The molecule has 2 bridgehead atoms. The van der Waals surface area contributed by atoms with Gasteiger partial charge in [0.1, 0.15) is 6.54 Å². The Hall–Kier alpha value is -2.77. The predicted molar refractivity (Wildman–Crippen MR) is 123 cm³/mol. The Labute approximate surface area is 195 Å². The van der Waals surface area contributed by atoms with E-state index in [9.17, 15) is 14.4 Å². The summed E-state index contributed by atoms with van der Waals surface area (Å²) in [4.78, 5) is 36.9. The largest absolute Gasteiger partial charge is 0.490 e. The van der Waals surface area contributed by atoms with Crippen LogP contribution in [0.1, 0.15) is 64.2 Å². The van der Waals surface area contributed by atoms with Crippen LogP contribution in [0.3, 0.4) is 0 Å². The average Bonchev–Trinajstić information content (AvgIpc) is 3.11. The van der Waals surface area contributed by atoms with Crippen LogP contribution in [0.15, 0.2) is 18.2 Å². The fourth-order valence-corrected chi connectivity index (χ4v) is 5.30. The van der Waals surface area contributed by atoms with Crippen LogP contribution in [-0.2, 0) is 14.3 Å². The summed E-state index contributed by atoms with van der Waals surface area (Å²) in [6.07, 6.45) is 3.26. The predicted octanol–water partition coefficient (Wildman–Crippen LogP) is 3.09. The van der Waals surface area contributed by atoms with Crippen molar-refractivity contribution in [3.05, 3.63) is 23.8 Å². The van der Waals surface area contributed by atoms with Crippen molar-refractivity contribution in [2.45, 2.75) is 59.9 Å². The number of esters is 1. The van der Waals surface area contributed by atoms with E-state index in [2.05, 4.69) is 31.4 Å². The Morgan fingerprint density at radius 1 is 1.06 bits per heavy atom. The van der Waals surface area contributed by atoms with E-state index < -0.39 is 11.9 Å². The second kappa shape index (κ2) is 10.0. The van der Waals surface area contributed by atoms with Crippen molar-refractivity contribution in [1.29, 1.82) is 0 Å². The summed E-state index contributed by atoms with van der Waals surface area (Å²) in [5, 5.41) is 5.57. The molecule has 2 amide bonds. The first-order chi connectivity index (χ1) is 15.6. The molecule has 0 aromatic heterocycles. The lowest BCUT2D eigenvalue weighted by Crippen LogP contribution is -2.48. The Morgan fingerprint density at radius 2 is 1.76 bits per heavy atom. The van der Waals surface area contributed by atoms with E-state index in [1.165, 1.54) is 6.42 Å². The van der Waals surface area contributed by atoms with Crippen LogP contribution in [0.2, 0.25) is 0 Å². The van der Waals surface area contributed by atoms with Crippen molar-refractivity contribution in [2.24, 2.45) is 16.7 Å². The Morgan fingerprint density at radius 3 is 2.36 bits per heavy atom. The van der Waals surface area contributed by atoms with Gasteiger partial charge < -0.3 is 24.8 Å². The molecule has 3 unspecified atom stereocenters. The van der Waals surface area contributed by atoms with Gasteiger partial charge in [0.25, 0.3) is 11.8 Å². The maximum Gasteiger partial charge on any atom is 0.325 e. The molecule has 0 spiro atoms. The van der Waals surface area contributed by atoms with E-state index >= 15 is 0 Å². The highest BCUT2D eigenvalue weighted by Gasteiger charge is 2.61. The molecular weight excluding hydrogens is 424 g/mol. The first kappa shape index (κ1) is 24.9. The van der Waals surface area contributed by atoms with Gasteiger partial charge in [-0.1, -0.05) is 20.8 Å². The lowest BCUT2D eigenvalue weighted by atomic mass is 9.69. The number of hydrogen-bond acceptors (Lipinski definition) is 6. The summed E-state index contributed by atoms with van der Waals surface area (Å²) < 4.78 is 16.1. The molecule has 1 aromatic rings. The zero-order valence-corrected chi connectivity index (χ0v) is 20.3. The van der Waals surface area contributed by atoms with Gasteiger partial charge in [-0.3, -0.25) is 14.4 Å². The molecule has 2 fully saturated rings. The van der Waals surface area contributed by atoms with Crippen LogP contribution in [0.5, 0.6) is 11.5 Å². The molecule has 0 heterocycles. The molecule has 2 aliphatic rings. The molecule has 0 saturated heterocycles. The molecule has 2 aliphatic carbocycles. The number of benzene rings is 1. The van der Waals surface area contributed by atoms with Gasteiger partial charge in [0.2, 0.25) is 0 Å². The third kappa shape index (κ3) is 5.09. The molecule has 8 nitrogen and oxygen atoms in total. The fraction of sp³-hybridized carbons (Fsp3) is 0.640. The van der Waals surface area contributed by atoms with E-state index in [0.717, 1.165) is 12.8 Å². The molecule has 8 heteroatoms. The SMILES string of the molecule is CCOc1ccc(C(=O)NCC(=O)OCC(=O)NC2CC3CCC2(C)C3(C)C)cc1OCC. The summed E-state index contributed by atoms with van der Waals surface area (Å²) in [6, 6.07) is 4.92. The number of carbonyl (C=O) groups excluding carboxylic acids is 3. The molecule has 33 heavy (non-hydrogen) atoms. The minimum atomic E-state index is -0.672. The van der Waals surface area contributed by atoms with Gasteiger partial charge in [-0.15, -0.1) is 0 Å². The van der Waals surface area contributed by atoms with Crippen LogP contribution in [0, 0.1) is 16.7 Å². The number of carbonyl (C=O) groups is 3. The highest BCUT2D eigenvalue weighted by molar-refractivity contribution is 5.96. The summed E-state index contributed by atoms with van der Waals surface area (Å²) in [5.41, 5.74) is 0.581. The minimum Gasteiger partial charge on any atom is -0.490 e. The molecule has 2 saturated carbocycles. The number of fused-ring (bicyclic) bond motifs is 2. The van der Waals surface area contributed by atoms with Crippen LogP contribution in [-0.4, -0.2) is 50.2 Å². The van der Waals surface area contributed by atoms with E-state index in [1.807, 2.05) is 13.8 Å².